The van der Waals surface area contributed by atoms with Crippen LogP contribution in [-0.2, 0) is 19.6 Å². The summed E-state index contributed by atoms with van der Waals surface area (Å²) in [4.78, 5) is 46.7. The maximum absolute atomic E-state index is 11.2. The Morgan fingerprint density at radius 3 is 1.38 bits per heavy atom. The zero-order valence-electron chi connectivity index (χ0n) is 16.7. The second-order valence-electron chi connectivity index (χ2n) is 6.72. The van der Waals surface area contributed by atoms with Gasteiger partial charge in [-0.3, -0.25) is 0 Å². The van der Waals surface area contributed by atoms with Gasteiger partial charge in [-0.2, -0.15) is 0 Å². The summed E-state index contributed by atoms with van der Waals surface area (Å²) in [6.07, 6.45) is 0. The quantitative estimate of drug-likeness (QED) is 0.359. The van der Waals surface area contributed by atoms with Crippen LogP contribution in [0.1, 0.15) is 48.5 Å². The van der Waals surface area contributed by atoms with Crippen molar-refractivity contribution in [2.24, 2.45) is 0 Å². The molecule has 3 rings (SSSR count). The molecule has 0 aliphatic carbocycles. The molecule has 166 valence electrons. The van der Waals surface area contributed by atoms with Gasteiger partial charge in [0.15, 0.2) is 0 Å². The first-order valence-electron chi connectivity index (χ1n) is 9.21. The largest absolute Gasteiger partial charge is 0.543 e. The number of nitrogens with zero attached hydrogens (tertiary/aromatic N) is 3. The Bertz CT molecular complexity index is 995. The van der Waals surface area contributed by atoms with Crippen LogP contribution in [0.2, 0.25) is 0 Å². The van der Waals surface area contributed by atoms with Crippen molar-refractivity contribution in [2.45, 2.75) is 19.6 Å². The molecule has 3 heterocycles. The number of carbonyl (C=O) groups is 3. The number of pyridine rings is 3. The van der Waals surface area contributed by atoms with E-state index in [-0.39, 0.29) is 42.2 Å². The molecule has 0 spiro atoms. The molecule has 0 aliphatic heterocycles. The maximum atomic E-state index is 11.2. The monoisotopic (exact) mass is 440 g/mol. The predicted octanol–water partition coefficient (Wildman–Crippen LogP) is -1.41. The maximum Gasteiger partial charge on any atom is 0.354 e. The Morgan fingerprint density at radius 2 is 1.03 bits per heavy atom. The van der Waals surface area contributed by atoms with Crippen molar-refractivity contribution >= 4 is 17.9 Å². The molecule has 0 radical (unpaired) electrons. The zero-order chi connectivity index (χ0) is 22.4. The molecule has 0 saturated carbocycles. The Morgan fingerprint density at radius 1 is 0.688 bits per heavy atom. The molecule has 0 bridgehead atoms. The van der Waals surface area contributed by atoms with Crippen LogP contribution in [0, 0.1) is 0 Å². The molecule has 0 fully saturated rings. The predicted molar refractivity (Wildman–Crippen MR) is 107 cm³/mol. The first kappa shape index (κ1) is 24.1. The molecule has 0 saturated heterocycles. The number of quaternary nitrogens is 1. The standard InChI is InChI=1S/C21H18N4O6.H2O/c26-19(27)16-7-1-4-13(22-16)10-25(11-14-5-2-8-17(23-14)20(28)29)12-15-6-3-9-18(24-15)21(30)31;/h1-9H,10-12H2,(H,26,27)(H,28,29)(H,30,31);1H2. The fourth-order valence-electron chi connectivity index (χ4n) is 3.04. The lowest BCUT2D eigenvalue weighted by molar-refractivity contribution is -0.942. The molecule has 3 aromatic rings. The lowest BCUT2D eigenvalue weighted by Gasteiger charge is -2.19. The van der Waals surface area contributed by atoms with Gasteiger partial charge in [0.2, 0.25) is 0 Å². The first-order chi connectivity index (χ1) is 14.8. The smallest absolute Gasteiger partial charge is 0.354 e. The minimum Gasteiger partial charge on any atom is -0.543 e. The fourth-order valence-corrected chi connectivity index (χ4v) is 3.04. The topological polar surface area (TPSA) is 189 Å². The van der Waals surface area contributed by atoms with Crippen molar-refractivity contribution in [1.82, 2.24) is 15.0 Å². The van der Waals surface area contributed by atoms with E-state index < -0.39 is 17.9 Å². The SMILES string of the molecule is O.O=C([O-])c1cccc(C[NH+](Cc2cccc(C(=O)O)n2)Cc2cccc(C(=O)O)n2)n1. The number of aromatic nitrogens is 3. The lowest BCUT2D eigenvalue weighted by atomic mass is 10.2. The number of nitrogens with one attached hydrogen (secondary N) is 1. The van der Waals surface area contributed by atoms with Crippen molar-refractivity contribution in [3.8, 4) is 0 Å². The number of hydrogen-bond acceptors (Lipinski definition) is 7. The highest BCUT2D eigenvalue weighted by atomic mass is 16.4. The second kappa shape index (κ2) is 10.7. The molecule has 11 heteroatoms. The highest BCUT2D eigenvalue weighted by molar-refractivity contribution is 5.85. The van der Waals surface area contributed by atoms with Crippen molar-refractivity contribution in [3.63, 3.8) is 0 Å². The van der Waals surface area contributed by atoms with Crippen LogP contribution in [0.25, 0.3) is 0 Å². The molecule has 3 aromatic heterocycles. The number of rotatable bonds is 9. The van der Waals surface area contributed by atoms with Crippen LogP contribution in [-0.4, -0.2) is 48.5 Å². The molecular weight excluding hydrogens is 420 g/mol. The highest BCUT2D eigenvalue weighted by Crippen LogP contribution is 2.03. The van der Waals surface area contributed by atoms with E-state index >= 15 is 0 Å². The van der Waals surface area contributed by atoms with E-state index in [1.165, 1.54) is 18.2 Å². The van der Waals surface area contributed by atoms with E-state index in [9.17, 15) is 29.7 Å². The molecule has 0 unspecified atom stereocenters. The third-order valence-electron chi connectivity index (χ3n) is 4.36. The third kappa shape index (κ3) is 6.39. The summed E-state index contributed by atoms with van der Waals surface area (Å²) in [7, 11) is 0. The Kier molecular flexibility index (Phi) is 8.04. The van der Waals surface area contributed by atoms with Gasteiger partial charge in [0.1, 0.15) is 31.0 Å². The summed E-state index contributed by atoms with van der Waals surface area (Å²) < 4.78 is 0. The fraction of sp³-hybridized carbons (Fsp3) is 0.143. The van der Waals surface area contributed by atoms with Gasteiger partial charge in [-0.25, -0.2) is 24.5 Å². The van der Waals surface area contributed by atoms with Gasteiger partial charge in [0.05, 0.1) is 28.7 Å². The minimum absolute atomic E-state index is 0. The molecule has 0 atom stereocenters. The molecule has 32 heavy (non-hydrogen) atoms. The zero-order valence-corrected chi connectivity index (χ0v) is 16.7. The van der Waals surface area contributed by atoms with E-state index in [2.05, 4.69) is 15.0 Å². The average Bonchev–Trinajstić information content (AvgIpc) is 2.74. The summed E-state index contributed by atoms with van der Waals surface area (Å²) in [6.45, 7) is 0.813. The van der Waals surface area contributed by atoms with E-state index in [1.54, 1.807) is 36.4 Å². The number of hydrogen-bond donors (Lipinski definition) is 3. The Labute approximate surface area is 182 Å². The van der Waals surface area contributed by atoms with E-state index in [0.29, 0.717) is 17.1 Å². The van der Waals surface area contributed by atoms with Crippen LogP contribution >= 0.6 is 0 Å². The molecule has 11 nitrogen and oxygen atoms in total. The Hall–Kier alpha value is -4.22. The molecule has 0 aromatic carbocycles. The van der Waals surface area contributed by atoms with Crippen LogP contribution in [0.3, 0.4) is 0 Å². The van der Waals surface area contributed by atoms with Gasteiger partial charge in [-0.05, 0) is 36.4 Å². The van der Waals surface area contributed by atoms with Crippen molar-refractivity contribution in [3.05, 3.63) is 88.8 Å². The lowest BCUT2D eigenvalue weighted by Crippen LogP contribution is -3.08. The van der Waals surface area contributed by atoms with Crippen LogP contribution in [0.4, 0.5) is 0 Å². The summed E-state index contributed by atoms with van der Waals surface area (Å²) >= 11 is 0. The van der Waals surface area contributed by atoms with E-state index in [0.717, 1.165) is 4.90 Å². The summed E-state index contributed by atoms with van der Waals surface area (Å²) in [5.74, 6) is -3.69. The summed E-state index contributed by atoms with van der Waals surface area (Å²) in [6, 6.07) is 13.8. The summed E-state index contributed by atoms with van der Waals surface area (Å²) in [5, 5.41) is 29.5. The van der Waals surface area contributed by atoms with Gasteiger partial charge >= 0.3 is 11.9 Å². The second-order valence-corrected chi connectivity index (χ2v) is 6.72. The Balaban J connectivity index is 0.00000363. The molecule has 0 aliphatic rings. The number of carboxylic acids is 3. The number of carbonyl (C=O) groups excluding carboxylic acids is 1. The average molecular weight is 440 g/mol. The van der Waals surface area contributed by atoms with Crippen molar-refractivity contribution in [2.75, 3.05) is 0 Å². The highest BCUT2D eigenvalue weighted by Gasteiger charge is 2.17. The van der Waals surface area contributed by atoms with Crippen LogP contribution < -0.4 is 10.0 Å². The number of aromatic carboxylic acids is 3. The van der Waals surface area contributed by atoms with E-state index in [4.69, 9.17) is 0 Å². The number of carboxylic acid groups (broad SMARTS) is 3. The normalized spacial score (nSPS) is 10.4. The molecule has 0 amide bonds. The summed E-state index contributed by atoms with van der Waals surface area (Å²) in [5.41, 5.74) is 1.08. The first-order valence-corrected chi connectivity index (χ1v) is 9.21. The van der Waals surface area contributed by atoms with Crippen LogP contribution in [0.15, 0.2) is 54.6 Å². The van der Waals surface area contributed by atoms with E-state index in [1.807, 2.05) is 0 Å². The van der Waals surface area contributed by atoms with Crippen LogP contribution in [0.5, 0.6) is 0 Å². The van der Waals surface area contributed by atoms with Gasteiger partial charge in [0, 0.05) is 0 Å². The molecule has 5 N–H and O–H groups in total. The third-order valence-corrected chi connectivity index (χ3v) is 4.36. The van der Waals surface area contributed by atoms with Gasteiger partial charge in [-0.1, -0.05) is 18.2 Å². The van der Waals surface area contributed by atoms with Gasteiger partial charge in [-0.15, -0.1) is 0 Å². The van der Waals surface area contributed by atoms with Gasteiger partial charge in [0.25, 0.3) is 0 Å². The minimum atomic E-state index is -1.39. The van der Waals surface area contributed by atoms with Crippen molar-refractivity contribution in [1.29, 1.82) is 0 Å². The van der Waals surface area contributed by atoms with Crippen molar-refractivity contribution < 1.29 is 40.1 Å². The van der Waals surface area contributed by atoms with Gasteiger partial charge < -0.3 is 30.5 Å². The molecular formula is C21H20N4O7.